The van der Waals surface area contributed by atoms with Gasteiger partial charge >= 0.3 is 5.69 Å². The number of carbonyl (C=O) groups excluding carboxylic acids is 1. The van der Waals surface area contributed by atoms with Crippen LogP contribution in [0.25, 0.3) is 0 Å². The summed E-state index contributed by atoms with van der Waals surface area (Å²) < 4.78 is 7.49. The highest BCUT2D eigenvalue weighted by Crippen LogP contribution is 2.26. The van der Waals surface area contributed by atoms with Crippen molar-refractivity contribution >= 4 is 5.91 Å². The standard InChI is InChI=1S/C17H21N3O4/c1-4-13(12-7-5-6-8-14(12)24-3)18-15(21)11-20-10-9-16(22)19(2)17(20)23/h5-10,13H,4,11H2,1-3H3,(H,18,21)/t13-/m0/s1. The lowest BCUT2D eigenvalue weighted by atomic mass is 10.0. The number of methoxy groups -OCH3 is 1. The van der Waals surface area contributed by atoms with Crippen molar-refractivity contribution in [3.63, 3.8) is 0 Å². The van der Waals surface area contributed by atoms with Crippen molar-refractivity contribution < 1.29 is 9.53 Å². The Balaban J connectivity index is 2.17. The van der Waals surface area contributed by atoms with Gasteiger partial charge in [0, 0.05) is 24.9 Å². The number of benzene rings is 1. The minimum absolute atomic E-state index is 0.154. The van der Waals surface area contributed by atoms with E-state index < -0.39 is 11.2 Å². The van der Waals surface area contributed by atoms with Gasteiger partial charge in [-0.2, -0.15) is 0 Å². The number of hydrogen-bond acceptors (Lipinski definition) is 4. The molecule has 0 saturated carbocycles. The number of carbonyl (C=O) groups is 1. The van der Waals surface area contributed by atoms with Crippen molar-refractivity contribution in [1.82, 2.24) is 14.5 Å². The maximum atomic E-state index is 12.3. The zero-order valence-electron chi connectivity index (χ0n) is 14.0. The first-order valence-electron chi connectivity index (χ1n) is 7.66. The van der Waals surface area contributed by atoms with Crippen molar-refractivity contribution in [2.75, 3.05) is 7.11 Å². The van der Waals surface area contributed by atoms with E-state index in [1.807, 2.05) is 31.2 Å². The number of aromatic nitrogens is 2. The van der Waals surface area contributed by atoms with Gasteiger partial charge in [-0.3, -0.25) is 18.7 Å². The summed E-state index contributed by atoms with van der Waals surface area (Å²) in [5, 5.41) is 2.90. The Morgan fingerprint density at radius 2 is 1.96 bits per heavy atom. The van der Waals surface area contributed by atoms with Crippen molar-refractivity contribution in [3.8, 4) is 5.75 Å². The van der Waals surface area contributed by atoms with Crippen LogP contribution in [-0.4, -0.2) is 22.2 Å². The van der Waals surface area contributed by atoms with Crippen LogP contribution in [0.5, 0.6) is 5.75 Å². The van der Waals surface area contributed by atoms with Crippen LogP contribution in [0.15, 0.2) is 46.1 Å². The van der Waals surface area contributed by atoms with Crippen LogP contribution in [0, 0.1) is 0 Å². The van der Waals surface area contributed by atoms with Crippen LogP contribution in [0.4, 0.5) is 0 Å². The lowest BCUT2D eigenvalue weighted by Crippen LogP contribution is -2.40. The van der Waals surface area contributed by atoms with Crippen LogP contribution in [0.1, 0.15) is 24.9 Å². The topological polar surface area (TPSA) is 82.3 Å². The molecule has 0 unspecified atom stereocenters. The fourth-order valence-electron chi connectivity index (χ4n) is 2.49. The lowest BCUT2D eigenvalue weighted by molar-refractivity contribution is -0.122. The maximum absolute atomic E-state index is 12.3. The molecule has 0 spiro atoms. The molecule has 7 heteroatoms. The minimum Gasteiger partial charge on any atom is -0.496 e. The van der Waals surface area contributed by atoms with Crippen LogP contribution in [-0.2, 0) is 18.4 Å². The fraction of sp³-hybridized carbons (Fsp3) is 0.353. The van der Waals surface area contributed by atoms with Gasteiger partial charge in [0.1, 0.15) is 12.3 Å². The van der Waals surface area contributed by atoms with Gasteiger partial charge in [0.2, 0.25) is 5.91 Å². The average molecular weight is 331 g/mol. The van der Waals surface area contributed by atoms with E-state index in [1.165, 1.54) is 23.9 Å². The molecule has 0 aliphatic rings. The molecule has 1 aromatic heterocycles. The lowest BCUT2D eigenvalue weighted by Gasteiger charge is -2.20. The highest BCUT2D eigenvalue weighted by atomic mass is 16.5. The van der Waals surface area contributed by atoms with Gasteiger partial charge in [0.25, 0.3) is 5.56 Å². The van der Waals surface area contributed by atoms with Gasteiger partial charge in [-0.1, -0.05) is 25.1 Å². The maximum Gasteiger partial charge on any atom is 0.331 e. The van der Waals surface area contributed by atoms with E-state index >= 15 is 0 Å². The molecule has 0 radical (unpaired) electrons. The van der Waals surface area contributed by atoms with Crippen molar-refractivity contribution in [2.45, 2.75) is 25.9 Å². The molecule has 0 saturated heterocycles. The third kappa shape index (κ3) is 3.73. The second-order valence-electron chi connectivity index (χ2n) is 5.39. The number of para-hydroxylation sites is 1. The van der Waals surface area contributed by atoms with Gasteiger partial charge in [-0.05, 0) is 12.5 Å². The van der Waals surface area contributed by atoms with Crippen molar-refractivity contribution in [1.29, 1.82) is 0 Å². The Morgan fingerprint density at radius 3 is 2.62 bits per heavy atom. The van der Waals surface area contributed by atoms with E-state index in [2.05, 4.69) is 5.32 Å². The molecule has 2 aromatic rings. The highest BCUT2D eigenvalue weighted by molar-refractivity contribution is 5.76. The highest BCUT2D eigenvalue weighted by Gasteiger charge is 2.17. The van der Waals surface area contributed by atoms with Crippen LogP contribution >= 0.6 is 0 Å². The first kappa shape index (κ1) is 17.5. The molecule has 1 heterocycles. The molecule has 1 N–H and O–H groups in total. The number of nitrogens with one attached hydrogen (secondary N) is 1. The van der Waals surface area contributed by atoms with Crippen molar-refractivity contribution in [2.24, 2.45) is 7.05 Å². The van der Waals surface area contributed by atoms with E-state index in [9.17, 15) is 14.4 Å². The third-order valence-corrected chi connectivity index (χ3v) is 3.83. The second kappa shape index (κ2) is 7.63. The van der Waals surface area contributed by atoms with Crippen LogP contribution in [0.2, 0.25) is 0 Å². The molecule has 1 atom stereocenters. The summed E-state index contributed by atoms with van der Waals surface area (Å²) in [6, 6.07) is 8.50. The molecule has 0 fully saturated rings. The summed E-state index contributed by atoms with van der Waals surface area (Å²) in [6.07, 6.45) is 2.00. The molecule has 1 aromatic carbocycles. The fourth-order valence-corrected chi connectivity index (χ4v) is 2.49. The molecular weight excluding hydrogens is 310 g/mol. The summed E-state index contributed by atoms with van der Waals surface area (Å²) in [5.41, 5.74) is -0.0521. The number of rotatable bonds is 6. The number of amides is 1. The minimum atomic E-state index is -0.525. The predicted octanol–water partition coefficient (Wildman–Crippen LogP) is 0.823. The Bertz CT molecular complexity index is 838. The quantitative estimate of drug-likeness (QED) is 0.850. The summed E-state index contributed by atoms with van der Waals surface area (Å²) in [4.78, 5) is 35.7. The third-order valence-electron chi connectivity index (χ3n) is 3.83. The van der Waals surface area contributed by atoms with Gasteiger partial charge in [0.05, 0.1) is 13.2 Å². The SMILES string of the molecule is CC[C@H](NC(=O)Cn1ccc(=O)n(C)c1=O)c1ccccc1OC. The first-order chi connectivity index (χ1) is 11.5. The molecule has 24 heavy (non-hydrogen) atoms. The van der Waals surface area contributed by atoms with Gasteiger partial charge in [-0.15, -0.1) is 0 Å². The smallest absolute Gasteiger partial charge is 0.331 e. The van der Waals surface area contributed by atoms with Gasteiger partial charge < -0.3 is 10.1 Å². The van der Waals surface area contributed by atoms with Gasteiger partial charge in [0.15, 0.2) is 0 Å². The predicted molar refractivity (Wildman–Crippen MR) is 90.1 cm³/mol. The molecule has 1 amide bonds. The van der Waals surface area contributed by atoms with Gasteiger partial charge in [-0.25, -0.2) is 4.79 Å². The second-order valence-corrected chi connectivity index (χ2v) is 5.39. The first-order valence-corrected chi connectivity index (χ1v) is 7.66. The average Bonchev–Trinajstić information content (AvgIpc) is 2.60. The molecule has 0 aliphatic carbocycles. The monoisotopic (exact) mass is 331 g/mol. The molecular formula is C17H21N3O4. The largest absolute Gasteiger partial charge is 0.496 e. The summed E-state index contributed by atoms with van der Waals surface area (Å²) >= 11 is 0. The number of nitrogens with zero attached hydrogens (tertiary/aromatic N) is 2. The van der Waals surface area contributed by atoms with E-state index in [0.717, 1.165) is 10.1 Å². The summed E-state index contributed by atoms with van der Waals surface area (Å²) in [6.45, 7) is 1.80. The van der Waals surface area contributed by atoms with E-state index in [-0.39, 0.29) is 18.5 Å². The van der Waals surface area contributed by atoms with Crippen LogP contribution < -0.4 is 21.3 Å². The molecule has 7 nitrogen and oxygen atoms in total. The zero-order chi connectivity index (χ0) is 17.7. The van der Waals surface area contributed by atoms with Crippen molar-refractivity contribution in [3.05, 3.63) is 62.9 Å². The summed E-state index contributed by atoms with van der Waals surface area (Å²) in [7, 11) is 2.96. The number of ether oxygens (including phenoxy) is 1. The van der Waals surface area contributed by atoms with E-state index in [0.29, 0.717) is 12.2 Å². The summed E-state index contributed by atoms with van der Waals surface area (Å²) in [5.74, 6) is 0.387. The number of hydrogen-bond donors (Lipinski definition) is 1. The molecule has 0 aliphatic heterocycles. The molecule has 128 valence electrons. The Hall–Kier alpha value is -2.83. The van der Waals surface area contributed by atoms with E-state index in [4.69, 9.17) is 4.74 Å². The zero-order valence-corrected chi connectivity index (χ0v) is 14.0. The van der Waals surface area contributed by atoms with Crippen LogP contribution in [0.3, 0.4) is 0 Å². The normalized spacial score (nSPS) is 11.8. The Kier molecular flexibility index (Phi) is 5.57. The van der Waals surface area contributed by atoms with E-state index in [1.54, 1.807) is 7.11 Å². The Labute approximate surface area is 139 Å². The molecule has 2 rings (SSSR count). The Morgan fingerprint density at radius 1 is 1.25 bits per heavy atom. The molecule has 0 bridgehead atoms.